The summed E-state index contributed by atoms with van der Waals surface area (Å²) in [6.07, 6.45) is 0. The van der Waals surface area contributed by atoms with Crippen LogP contribution < -0.4 is 9.47 Å². The molecule has 3 aromatic rings. The van der Waals surface area contributed by atoms with Crippen molar-refractivity contribution in [2.24, 2.45) is 0 Å². The Hall–Kier alpha value is -2.63. The minimum absolute atomic E-state index is 0.227. The van der Waals surface area contributed by atoms with Gasteiger partial charge in [-0.2, -0.15) is 0 Å². The molecule has 1 aliphatic heterocycles. The van der Waals surface area contributed by atoms with Gasteiger partial charge in [0.1, 0.15) is 12.4 Å². The molecule has 28 heavy (non-hydrogen) atoms. The first-order valence-electron chi connectivity index (χ1n) is 9.55. The van der Waals surface area contributed by atoms with Crippen molar-refractivity contribution in [3.63, 3.8) is 0 Å². The van der Waals surface area contributed by atoms with E-state index in [9.17, 15) is 4.39 Å². The summed E-state index contributed by atoms with van der Waals surface area (Å²) < 4.78 is 30.7. The van der Waals surface area contributed by atoms with Crippen LogP contribution in [0.1, 0.15) is 0 Å². The molecule has 0 spiro atoms. The summed E-state index contributed by atoms with van der Waals surface area (Å²) in [6, 6.07) is 17.1. The molecule has 0 atom stereocenters. The number of morpholine rings is 1. The van der Waals surface area contributed by atoms with Crippen molar-refractivity contribution in [3.8, 4) is 22.6 Å². The molecule has 0 bridgehead atoms. The zero-order valence-corrected chi connectivity index (χ0v) is 16.0. The largest absolute Gasteiger partial charge is 0.494 e. The molecule has 4 nitrogen and oxygen atoms in total. The maximum absolute atomic E-state index is 13.9. The zero-order valence-electron chi connectivity index (χ0n) is 16.0. The number of hydrogen-bond acceptors (Lipinski definition) is 4. The highest BCUT2D eigenvalue weighted by Gasteiger charge is 2.15. The van der Waals surface area contributed by atoms with Crippen molar-refractivity contribution in [1.29, 1.82) is 0 Å². The van der Waals surface area contributed by atoms with Gasteiger partial charge in [0.15, 0.2) is 11.6 Å². The number of fused-ring (bicyclic) bond motifs is 1. The Balaban J connectivity index is 1.67. The van der Waals surface area contributed by atoms with Crippen LogP contribution in [0.15, 0.2) is 54.6 Å². The number of hydrogen-bond donors (Lipinski definition) is 0. The number of rotatable bonds is 6. The predicted molar refractivity (Wildman–Crippen MR) is 109 cm³/mol. The van der Waals surface area contributed by atoms with Gasteiger partial charge in [-0.1, -0.05) is 36.4 Å². The van der Waals surface area contributed by atoms with Crippen LogP contribution in [-0.4, -0.2) is 51.5 Å². The molecule has 0 N–H and O–H groups in total. The van der Waals surface area contributed by atoms with E-state index in [0.29, 0.717) is 6.61 Å². The van der Waals surface area contributed by atoms with Crippen LogP contribution in [0.2, 0.25) is 0 Å². The minimum Gasteiger partial charge on any atom is -0.494 e. The van der Waals surface area contributed by atoms with Crippen LogP contribution in [0.5, 0.6) is 11.5 Å². The lowest BCUT2D eigenvalue weighted by molar-refractivity contribution is 0.0323. The number of methoxy groups -OCH3 is 1. The number of benzene rings is 3. The minimum atomic E-state index is -0.374. The monoisotopic (exact) mass is 381 g/mol. The van der Waals surface area contributed by atoms with Crippen LogP contribution in [0.4, 0.5) is 4.39 Å². The summed E-state index contributed by atoms with van der Waals surface area (Å²) in [5, 5.41) is 2.18. The van der Waals surface area contributed by atoms with Gasteiger partial charge in [-0.15, -0.1) is 0 Å². The van der Waals surface area contributed by atoms with E-state index < -0.39 is 0 Å². The standard InChI is InChI=1S/C23H24FNO3/c1-26-22-16-18(6-8-20(22)24)23-19-5-3-2-4-17(19)7-9-21(23)28-15-12-25-10-13-27-14-11-25/h2-9,16H,10-15H2,1H3. The van der Waals surface area contributed by atoms with Crippen molar-refractivity contribution in [1.82, 2.24) is 4.90 Å². The molecule has 0 unspecified atom stereocenters. The zero-order chi connectivity index (χ0) is 19.3. The molecule has 4 rings (SSSR count). The van der Waals surface area contributed by atoms with E-state index in [4.69, 9.17) is 14.2 Å². The Kier molecular flexibility index (Phi) is 5.74. The number of halogens is 1. The van der Waals surface area contributed by atoms with Crippen LogP contribution in [0, 0.1) is 5.82 Å². The van der Waals surface area contributed by atoms with E-state index in [1.807, 2.05) is 18.2 Å². The molecule has 0 aliphatic carbocycles. The molecular formula is C23H24FNO3. The maximum Gasteiger partial charge on any atom is 0.165 e. The topological polar surface area (TPSA) is 30.9 Å². The molecule has 0 saturated carbocycles. The van der Waals surface area contributed by atoms with Crippen LogP contribution in [-0.2, 0) is 4.74 Å². The lowest BCUT2D eigenvalue weighted by Crippen LogP contribution is -2.38. The second-order valence-electron chi connectivity index (χ2n) is 6.81. The summed E-state index contributed by atoms with van der Waals surface area (Å²) in [4.78, 5) is 2.34. The van der Waals surface area contributed by atoms with E-state index in [0.717, 1.165) is 60.5 Å². The Morgan fingerprint density at radius 1 is 1.00 bits per heavy atom. The second-order valence-corrected chi connectivity index (χ2v) is 6.81. The van der Waals surface area contributed by atoms with Gasteiger partial charge in [0.05, 0.1) is 20.3 Å². The second kappa shape index (κ2) is 8.59. The molecule has 146 valence electrons. The quantitative estimate of drug-likeness (QED) is 0.635. The van der Waals surface area contributed by atoms with Crippen molar-refractivity contribution < 1.29 is 18.6 Å². The lowest BCUT2D eigenvalue weighted by atomic mass is 9.97. The molecule has 1 aliphatic rings. The van der Waals surface area contributed by atoms with E-state index in [-0.39, 0.29) is 11.6 Å². The molecule has 1 heterocycles. The third-order valence-electron chi connectivity index (χ3n) is 5.10. The first kappa shape index (κ1) is 18.7. The molecular weight excluding hydrogens is 357 g/mol. The predicted octanol–water partition coefficient (Wildman–Crippen LogP) is 4.37. The SMILES string of the molecule is COc1cc(-c2c(OCCN3CCOCC3)ccc3ccccc23)ccc1F. The van der Waals surface area contributed by atoms with Crippen molar-refractivity contribution in [2.75, 3.05) is 46.6 Å². The molecule has 0 aromatic heterocycles. The Bertz CT molecular complexity index is 954. The van der Waals surface area contributed by atoms with Gasteiger partial charge >= 0.3 is 0 Å². The third-order valence-corrected chi connectivity index (χ3v) is 5.10. The van der Waals surface area contributed by atoms with E-state index >= 15 is 0 Å². The molecule has 5 heteroatoms. The highest BCUT2D eigenvalue weighted by molar-refractivity contribution is 5.99. The Labute approximate surface area is 164 Å². The first-order valence-corrected chi connectivity index (χ1v) is 9.55. The lowest BCUT2D eigenvalue weighted by Gasteiger charge is -2.26. The van der Waals surface area contributed by atoms with Crippen molar-refractivity contribution in [3.05, 3.63) is 60.4 Å². The van der Waals surface area contributed by atoms with E-state index in [1.165, 1.54) is 13.2 Å². The maximum atomic E-state index is 13.9. The molecule has 1 fully saturated rings. The Morgan fingerprint density at radius 3 is 2.64 bits per heavy atom. The summed E-state index contributed by atoms with van der Waals surface area (Å²) in [5.74, 6) is 0.645. The third kappa shape index (κ3) is 3.96. The number of ether oxygens (including phenoxy) is 3. The summed E-state index contributed by atoms with van der Waals surface area (Å²) in [6.45, 7) is 4.85. The van der Waals surface area contributed by atoms with Crippen molar-refractivity contribution >= 4 is 10.8 Å². The molecule has 0 amide bonds. The highest BCUT2D eigenvalue weighted by Crippen LogP contribution is 2.39. The molecule has 0 radical (unpaired) electrons. The van der Waals surface area contributed by atoms with Gasteiger partial charge in [-0.05, 0) is 34.5 Å². The Morgan fingerprint density at radius 2 is 1.82 bits per heavy atom. The fourth-order valence-corrected chi connectivity index (χ4v) is 3.59. The van der Waals surface area contributed by atoms with Crippen LogP contribution >= 0.6 is 0 Å². The molecule has 3 aromatic carbocycles. The smallest absolute Gasteiger partial charge is 0.165 e. The van der Waals surface area contributed by atoms with Crippen LogP contribution in [0.3, 0.4) is 0 Å². The number of nitrogens with zero attached hydrogens (tertiary/aromatic N) is 1. The van der Waals surface area contributed by atoms with Gasteiger partial charge in [0, 0.05) is 25.2 Å². The van der Waals surface area contributed by atoms with E-state index in [1.54, 1.807) is 12.1 Å². The highest BCUT2D eigenvalue weighted by atomic mass is 19.1. The average Bonchev–Trinajstić information content (AvgIpc) is 2.75. The normalized spacial score (nSPS) is 14.9. The van der Waals surface area contributed by atoms with Crippen LogP contribution in [0.25, 0.3) is 21.9 Å². The van der Waals surface area contributed by atoms with Gasteiger partial charge < -0.3 is 14.2 Å². The fraction of sp³-hybridized carbons (Fsp3) is 0.304. The first-order chi connectivity index (χ1) is 13.8. The van der Waals surface area contributed by atoms with E-state index in [2.05, 4.69) is 23.1 Å². The average molecular weight is 381 g/mol. The van der Waals surface area contributed by atoms with Crippen molar-refractivity contribution in [2.45, 2.75) is 0 Å². The summed E-state index contributed by atoms with van der Waals surface area (Å²) in [5.41, 5.74) is 1.83. The van der Waals surface area contributed by atoms with Gasteiger partial charge in [-0.25, -0.2) is 4.39 Å². The molecule has 1 saturated heterocycles. The summed E-state index contributed by atoms with van der Waals surface area (Å²) >= 11 is 0. The van der Waals surface area contributed by atoms with Gasteiger partial charge in [0.2, 0.25) is 0 Å². The van der Waals surface area contributed by atoms with Gasteiger partial charge in [-0.3, -0.25) is 4.90 Å². The van der Waals surface area contributed by atoms with Gasteiger partial charge in [0.25, 0.3) is 0 Å². The summed E-state index contributed by atoms with van der Waals surface area (Å²) in [7, 11) is 1.48. The fourth-order valence-electron chi connectivity index (χ4n) is 3.59.